The normalized spacial score (nSPS) is 14.0. The summed E-state index contributed by atoms with van der Waals surface area (Å²) >= 11 is 0. The van der Waals surface area contributed by atoms with Gasteiger partial charge in [0.15, 0.2) is 23.3 Å². The Bertz CT molecular complexity index is 1620. The molecule has 2 nitrogen and oxygen atoms in total. The fourth-order valence-electron chi connectivity index (χ4n) is 5.09. The molecular formula is C29H16F8N2. The van der Waals surface area contributed by atoms with Crippen LogP contribution in [-0.4, -0.2) is 0 Å². The van der Waals surface area contributed by atoms with Gasteiger partial charge in [-0.3, -0.25) is 0 Å². The molecule has 0 unspecified atom stereocenters. The molecule has 0 bridgehead atoms. The van der Waals surface area contributed by atoms with E-state index in [2.05, 4.69) is 0 Å². The van der Waals surface area contributed by atoms with Gasteiger partial charge in [-0.1, -0.05) is 50.2 Å². The maximum Gasteiger partial charge on any atom is 0.418 e. The van der Waals surface area contributed by atoms with E-state index in [1.165, 1.54) is 4.90 Å². The highest BCUT2D eigenvalue weighted by atomic mass is 19.4. The SMILES string of the molecule is CC1(C)c2ccccc2N(c2c(C#N)cc(-c3c(F)c(F)c(F)c(F)c3F)cc2C(F)(F)F)c2ccccc21. The smallest absolute Gasteiger partial charge is 0.308 e. The van der Waals surface area contributed by atoms with E-state index in [1.807, 2.05) is 13.8 Å². The Balaban J connectivity index is 1.90. The lowest BCUT2D eigenvalue weighted by molar-refractivity contribution is -0.137. The minimum absolute atomic E-state index is 0.291. The second-order valence-electron chi connectivity index (χ2n) is 9.47. The molecule has 0 saturated carbocycles. The van der Waals surface area contributed by atoms with Crippen molar-refractivity contribution in [2.75, 3.05) is 4.90 Å². The molecule has 0 aromatic heterocycles. The summed E-state index contributed by atoms with van der Waals surface area (Å²) in [6.45, 7) is 3.79. The summed E-state index contributed by atoms with van der Waals surface area (Å²) in [4.78, 5) is 1.24. The van der Waals surface area contributed by atoms with Crippen molar-refractivity contribution in [3.8, 4) is 17.2 Å². The van der Waals surface area contributed by atoms with Crippen LogP contribution in [-0.2, 0) is 11.6 Å². The van der Waals surface area contributed by atoms with Gasteiger partial charge in [-0.05, 0) is 41.0 Å². The Morgan fingerprint density at radius 2 is 1.18 bits per heavy atom. The Hall–Kier alpha value is -4.39. The minimum atomic E-state index is -5.20. The molecule has 0 amide bonds. The van der Waals surface area contributed by atoms with Gasteiger partial charge in [0.25, 0.3) is 0 Å². The van der Waals surface area contributed by atoms with Crippen LogP contribution in [0.4, 0.5) is 52.2 Å². The second kappa shape index (κ2) is 8.83. The fourth-order valence-corrected chi connectivity index (χ4v) is 5.09. The number of alkyl halides is 3. The zero-order valence-corrected chi connectivity index (χ0v) is 20.2. The van der Waals surface area contributed by atoms with Crippen LogP contribution in [0.3, 0.4) is 0 Å². The number of nitrogens with zero attached hydrogens (tertiary/aromatic N) is 2. The predicted molar refractivity (Wildman–Crippen MR) is 128 cm³/mol. The topological polar surface area (TPSA) is 27.0 Å². The summed E-state index contributed by atoms with van der Waals surface area (Å²) in [6, 6.07) is 15.9. The first-order chi connectivity index (χ1) is 18.3. The Morgan fingerprint density at radius 1 is 0.718 bits per heavy atom. The van der Waals surface area contributed by atoms with Gasteiger partial charge in [0.1, 0.15) is 6.07 Å². The van der Waals surface area contributed by atoms with E-state index in [4.69, 9.17) is 0 Å². The summed E-state index contributed by atoms with van der Waals surface area (Å²) in [5, 5.41) is 9.96. The van der Waals surface area contributed by atoms with Crippen LogP contribution in [0.2, 0.25) is 0 Å². The first-order valence-electron chi connectivity index (χ1n) is 11.5. The van der Waals surface area contributed by atoms with Crippen molar-refractivity contribution in [1.82, 2.24) is 0 Å². The van der Waals surface area contributed by atoms with Gasteiger partial charge in [-0.25, -0.2) is 22.0 Å². The van der Waals surface area contributed by atoms with E-state index < -0.39 is 68.6 Å². The molecule has 5 rings (SSSR count). The molecule has 1 aliphatic heterocycles. The number of halogens is 8. The summed E-state index contributed by atoms with van der Waals surface area (Å²) in [5.74, 6) is -11.7. The van der Waals surface area contributed by atoms with Crippen LogP contribution in [0.1, 0.15) is 36.1 Å². The number of hydrogen-bond donors (Lipinski definition) is 0. The molecule has 0 atom stereocenters. The van der Waals surface area contributed by atoms with Crippen LogP contribution in [0, 0.1) is 40.4 Å². The van der Waals surface area contributed by atoms with Crippen molar-refractivity contribution in [1.29, 1.82) is 5.26 Å². The average molecular weight is 544 g/mol. The van der Waals surface area contributed by atoms with Crippen molar-refractivity contribution in [2.24, 2.45) is 0 Å². The second-order valence-corrected chi connectivity index (χ2v) is 9.47. The van der Waals surface area contributed by atoms with Gasteiger partial charge in [-0.15, -0.1) is 0 Å². The quantitative estimate of drug-likeness (QED) is 0.143. The first kappa shape index (κ1) is 26.2. The number of anilines is 3. The molecule has 1 heterocycles. The van der Waals surface area contributed by atoms with Crippen molar-refractivity contribution in [3.63, 3.8) is 0 Å². The highest BCUT2D eigenvalue weighted by Gasteiger charge is 2.43. The van der Waals surface area contributed by atoms with Crippen molar-refractivity contribution < 1.29 is 35.1 Å². The van der Waals surface area contributed by atoms with Gasteiger partial charge in [0.2, 0.25) is 5.82 Å². The predicted octanol–water partition coefficient (Wildman–Crippen LogP) is 9.05. The Morgan fingerprint density at radius 3 is 1.64 bits per heavy atom. The molecule has 0 fully saturated rings. The third kappa shape index (κ3) is 3.83. The Kier molecular flexibility index (Phi) is 5.94. The maximum atomic E-state index is 14.6. The minimum Gasteiger partial charge on any atom is -0.308 e. The van der Waals surface area contributed by atoms with E-state index in [1.54, 1.807) is 54.6 Å². The van der Waals surface area contributed by atoms with E-state index >= 15 is 0 Å². The van der Waals surface area contributed by atoms with Gasteiger partial charge in [-0.2, -0.15) is 18.4 Å². The van der Waals surface area contributed by atoms with Crippen LogP contribution >= 0.6 is 0 Å². The monoisotopic (exact) mass is 544 g/mol. The lowest BCUT2D eigenvalue weighted by atomic mass is 9.73. The molecule has 0 aliphatic carbocycles. The third-order valence-electron chi connectivity index (χ3n) is 6.89. The van der Waals surface area contributed by atoms with E-state index in [-0.39, 0.29) is 0 Å². The summed E-state index contributed by atoms with van der Waals surface area (Å²) in [6.07, 6.45) is -5.20. The van der Waals surface area contributed by atoms with Gasteiger partial charge < -0.3 is 4.90 Å². The van der Waals surface area contributed by atoms with Gasteiger partial charge in [0.05, 0.1) is 33.8 Å². The number of hydrogen-bond acceptors (Lipinski definition) is 2. The van der Waals surface area contributed by atoms with Gasteiger partial charge >= 0.3 is 6.18 Å². The standard InChI is InChI=1S/C29H16F8N2/c1-28(2)16-7-3-5-9-19(16)39(20-10-6-4-8-17(20)28)27-15(13-38)11-14(12-18(27)29(35,36)37)21-22(30)24(32)26(34)25(33)23(21)31/h3-12H,1-2H3. The van der Waals surface area contributed by atoms with E-state index in [9.17, 15) is 40.4 Å². The highest BCUT2D eigenvalue weighted by molar-refractivity contribution is 5.90. The molecule has 0 radical (unpaired) electrons. The lowest BCUT2D eigenvalue weighted by Gasteiger charge is -2.42. The zero-order chi connectivity index (χ0) is 28.4. The molecular weight excluding hydrogens is 528 g/mol. The number of rotatable bonds is 2. The molecule has 39 heavy (non-hydrogen) atoms. The van der Waals surface area contributed by atoms with E-state index in [0.29, 0.717) is 34.6 Å². The van der Waals surface area contributed by atoms with Crippen LogP contribution < -0.4 is 4.90 Å². The van der Waals surface area contributed by atoms with Crippen molar-refractivity contribution >= 4 is 17.1 Å². The number of nitriles is 1. The largest absolute Gasteiger partial charge is 0.418 e. The zero-order valence-electron chi connectivity index (χ0n) is 20.2. The van der Waals surface area contributed by atoms with Crippen LogP contribution in [0.25, 0.3) is 11.1 Å². The molecule has 0 saturated heterocycles. The average Bonchev–Trinajstić information content (AvgIpc) is 2.91. The highest BCUT2D eigenvalue weighted by Crippen LogP contribution is 2.55. The molecule has 10 heteroatoms. The summed E-state index contributed by atoms with van der Waals surface area (Å²) in [5.41, 5.74) is -4.10. The number of fused-ring (bicyclic) bond motifs is 2. The summed E-state index contributed by atoms with van der Waals surface area (Å²) in [7, 11) is 0. The first-order valence-corrected chi connectivity index (χ1v) is 11.5. The number of benzene rings is 4. The molecule has 4 aromatic carbocycles. The maximum absolute atomic E-state index is 14.6. The van der Waals surface area contributed by atoms with Crippen molar-refractivity contribution in [2.45, 2.75) is 25.4 Å². The van der Waals surface area contributed by atoms with Crippen LogP contribution in [0.15, 0.2) is 60.7 Å². The van der Waals surface area contributed by atoms with Gasteiger partial charge in [0, 0.05) is 5.41 Å². The molecule has 1 aliphatic rings. The molecule has 198 valence electrons. The van der Waals surface area contributed by atoms with Crippen LogP contribution in [0.5, 0.6) is 0 Å². The molecule has 4 aromatic rings. The number of para-hydroxylation sites is 2. The van der Waals surface area contributed by atoms with E-state index in [0.717, 1.165) is 0 Å². The third-order valence-corrected chi connectivity index (χ3v) is 6.89. The summed E-state index contributed by atoms with van der Waals surface area (Å²) < 4.78 is 114. The van der Waals surface area contributed by atoms with Crippen molar-refractivity contribution in [3.05, 3.63) is 112 Å². The lowest BCUT2D eigenvalue weighted by Crippen LogP contribution is -2.31. The molecule has 0 spiro atoms. The fraction of sp³-hybridized carbons (Fsp3) is 0.138. The Labute approximate surface area is 217 Å². The molecule has 0 N–H and O–H groups in total.